The lowest BCUT2D eigenvalue weighted by Gasteiger charge is -2.30. The average molecular weight is 312 g/mol. The second kappa shape index (κ2) is 5.77. The molecule has 0 fully saturated rings. The lowest BCUT2D eigenvalue weighted by molar-refractivity contribution is 0.769. The largest absolute Gasteiger partial charge is 0.0657 e. The predicted molar refractivity (Wildman–Crippen MR) is 102 cm³/mol. The van der Waals surface area contributed by atoms with Crippen LogP contribution in [0.25, 0.3) is 11.1 Å². The van der Waals surface area contributed by atoms with Crippen LogP contribution < -0.4 is 0 Å². The normalized spacial score (nSPS) is 19.7. The van der Waals surface area contributed by atoms with Gasteiger partial charge in [0, 0.05) is 0 Å². The van der Waals surface area contributed by atoms with Gasteiger partial charge in [-0.25, -0.2) is 0 Å². The van der Waals surface area contributed by atoms with Crippen LogP contribution in [0, 0.1) is 0 Å². The van der Waals surface area contributed by atoms with Crippen LogP contribution in [-0.4, -0.2) is 0 Å². The van der Waals surface area contributed by atoms with E-state index in [1.54, 1.807) is 44.5 Å². The van der Waals surface area contributed by atoms with E-state index in [1.807, 2.05) is 0 Å². The molecule has 0 saturated heterocycles. The smallest absolute Gasteiger partial charge is 0.0193 e. The molecule has 0 radical (unpaired) electrons. The van der Waals surface area contributed by atoms with Crippen molar-refractivity contribution in [3.05, 3.63) is 81.9 Å². The van der Waals surface area contributed by atoms with E-state index in [0.717, 1.165) is 0 Å². The molecule has 120 valence electrons. The molecule has 0 nitrogen and oxygen atoms in total. The summed E-state index contributed by atoms with van der Waals surface area (Å²) in [6, 6.07) is 18.2. The zero-order chi connectivity index (χ0) is 15.9. The third-order valence-corrected chi connectivity index (χ3v) is 6.28. The van der Waals surface area contributed by atoms with E-state index in [2.05, 4.69) is 48.5 Å². The Morgan fingerprint density at radius 3 is 1.33 bits per heavy atom. The Morgan fingerprint density at radius 2 is 0.833 bits per heavy atom. The van der Waals surface area contributed by atoms with Crippen molar-refractivity contribution >= 4 is 11.1 Å². The number of fused-ring (bicyclic) bond motifs is 4. The van der Waals surface area contributed by atoms with Gasteiger partial charge in [0.05, 0.1) is 0 Å². The van der Waals surface area contributed by atoms with E-state index >= 15 is 0 Å². The van der Waals surface area contributed by atoms with Crippen LogP contribution in [0.3, 0.4) is 0 Å². The van der Waals surface area contributed by atoms with Crippen LogP contribution in [0.5, 0.6) is 0 Å². The molecule has 0 heterocycles. The molecule has 0 aliphatic heterocycles. The Hall–Kier alpha value is -2.08. The Kier molecular flexibility index (Phi) is 3.43. The first-order valence-electron chi connectivity index (χ1n) is 9.48. The lowest BCUT2D eigenvalue weighted by Crippen LogP contribution is -2.11. The molecule has 0 saturated carbocycles. The third kappa shape index (κ3) is 2.28. The fourth-order valence-corrected chi connectivity index (χ4v) is 5.05. The van der Waals surface area contributed by atoms with Crippen molar-refractivity contribution in [1.82, 2.24) is 0 Å². The molecule has 5 rings (SSSR count). The van der Waals surface area contributed by atoms with Gasteiger partial charge in [-0.05, 0) is 84.8 Å². The Bertz CT molecular complexity index is 790. The molecule has 0 atom stereocenters. The van der Waals surface area contributed by atoms with Crippen molar-refractivity contribution in [2.75, 3.05) is 0 Å². The van der Waals surface area contributed by atoms with E-state index in [1.165, 1.54) is 51.4 Å². The van der Waals surface area contributed by atoms with Gasteiger partial charge in [0.15, 0.2) is 0 Å². The van der Waals surface area contributed by atoms with Crippen molar-refractivity contribution in [1.29, 1.82) is 0 Å². The summed E-state index contributed by atoms with van der Waals surface area (Å²) in [4.78, 5) is 0. The maximum absolute atomic E-state index is 2.36. The molecule has 0 N–H and O–H groups in total. The van der Waals surface area contributed by atoms with Gasteiger partial charge in [-0.1, -0.05) is 59.7 Å². The summed E-state index contributed by atoms with van der Waals surface area (Å²) in [5.74, 6) is 0. The topological polar surface area (TPSA) is 0 Å². The molecule has 2 aromatic carbocycles. The van der Waals surface area contributed by atoms with Crippen LogP contribution in [0.15, 0.2) is 59.7 Å². The number of hydrogen-bond acceptors (Lipinski definition) is 0. The van der Waals surface area contributed by atoms with E-state index in [9.17, 15) is 0 Å². The van der Waals surface area contributed by atoms with Gasteiger partial charge in [-0.15, -0.1) is 0 Å². The second-order valence-corrected chi connectivity index (χ2v) is 7.48. The zero-order valence-electron chi connectivity index (χ0n) is 14.3. The van der Waals surface area contributed by atoms with Gasteiger partial charge in [-0.2, -0.15) is 0 Å². The van der Waals surface area contributed by atoms with E-state index in [0.29, 0.717) is 0 Å². The minimum absolute atomic E-state index is 1.23. The molecule has 0 bridgehead atoms. The summed E-state index contributed by atoms with van der Waals surface area (Å²) in [6.45, 7) is 0. The van der Waals surface area contributed by atoms with Crippen molar-refractivity contribution < 1.29 is 0 Å². The van der Waals surface area contributed by atoms with E-state index in [4.69, 9.17) is 0 Å². The molecule has 0 unspecified atom stereocenters. The van der Waals surface area contributed by atoms with E-state index < -0.39 is 0 Å². The van der Waals surface area contributed by atoms with Crippen LogP contribution in [0.4, 0.5) is 0 Å². The van der Waals surface area contributed by atoms with Gasteiger partial charge < -0.3 is 0 Å². The first-order valence-corrected chi connectivity index (χ1v) is 9.48. The number of allylic oxidation sites excluding steroid dienone is 4. The SMILES string of the molecule is c1ccc2c(c1)CCC1=C2CCC2=C(CC1)c1ccccc1CC2. The lowest BCUT2D eigenvalue weighted by atomic mass is 9.75. The summed E-state index contributed by atoms with van der Waals surface area (Å²) in [7, 11) is 0. The highest BCUT2D eigenvalue weighted by Gasteiger charge is 2.24. The van der Waals surface area contributed by atoms with Gasteiger partial charge in [0.25, 0.3) is 0 Å². The number of rotatable bonds is 0. The van der Waals surface area contributed by atoms with Crippen LogP contribution in [-0.2, 0) is 12.8 Å². The second-order valence-electron chi connectivity index (χ2n) is 7.48. The average Bonchev–Trinajstić information content (AvgIpc) is 2.62. The molecule has 3 aliphatic rings. The number of aryl methyl sites for hydroxylation is 2. The van der Waals surface area contributed by atoms with Crippen LogP contribution >= 0.6 is 0 Å². The molecule has 0 spiro atoms. The highest BCUT2D eigenvalue weighted by atomic mass is 14.3. The molecule has 24 heavy (non-hydrogen) atoms. The molecule has 0 heteroatoms. The van der Waals surface area contributed by atoms with Gasteiger partial charge in [0.1, 0.15) is 0 Å². The van der Waals surface area contributed by atoms with Gasteiger partial charge in [-0.3, -0.25) is 0 Å². The number of hydrogen-bond donors (Lipinski definition) is 0. The first kappa shape index (κ1) is 14.3. The van der Waals surface area contributed by atoms with E-state index in [-0.39, 0.29) is 0 Å². The van der Waals surface area contributed by atoms with Gasteiger partial charge in [0.2, 0.25) is 0 Å². The maximum atomic E-state index is 2.36. The fourth-order valence-electron chi connectivity index (χ4n) is 5.05. The minimum atomic E-state index is 1.23. The van der Waals surface area contributed by atoms with Crippen molar-refractivity contribution in [3.63, 3.8) is 0 Å². The van der Waals surface area contributed by atoms with Crippen molar-refractivity contribution in [2.24, 2.45) is 0 Å². The maximum Gasteiger partial charge on any atom is -0.0193 e. The summed E-state index contributed by atoms with van der Waals surface area (Å²) in [6.07, 6.45) is 10.0. The molecule has 2 aromatic rings. The van der Waals surface area contributed by atoms with Gasteiger partial charge >= 0.3 is 0 Å². The first-order chi connectivity index (χ1) is 11.9. The summed E-state index contributed by atoms with van der Waals surface area (Å²) in [5.41, 5.74) is 13.1. The zero-order valence-corrected chi connectivity index (χ0v) is 14.3. The highest BCUT2D eigenvalue weighted by Crippen LogP contribution is 2.44. The van der Waals surface area contributed by atoms with Crippen LogP contribution in [0.2, 0.25) is 0 Å². The Balaban J connectivity index is 1.53. The Labute approximate surface area is 144 Å². The van der Waals surface area contributed by atoms with Crippen LogP contribution in [0.1, 0.15) is 60.8 Å². The summed E-state index contributed by atoms with van der Waals surface area (Å²) < 4.78 is 0. The quantitative estimate of drug-likeness (QED) is 0.531. The molecule has 0 aromatic heterocycles. The molecule has 0 amide bonds. The fraction of sp³-hybridized carbons (Fsp3) is 0.333. The van der Waals surface area contributed by atoms with Crippen molar-refractivity contribution in [3.8, 4) is 0 Å². The highest BCUT2D eigenvalue weighted by molar-refractivity contribution is 5.78. The predicted octanol–water partition coefficient (Wildman–Crippen LogP) is 6.36. The monoisotopic (exact) mass is 312 g/mol. The molecular formula is C24H24. The molecular weight excluding hydrogens is 288 g/mol. The number of benzene rings is 2. The standard InChI is InChI=1S/C24H24/c1-3-7-21-17(5-1)9-11-19-14-16-24-20(13-15-23(19)21)12-10-18-6-2-4-8-22(18)24/h1-8H,9-16H2. The third-order valence-electron chi connectivity index (χ3n) is 6.28. The summed E-state index contributed by atoms with van der Waals surface area (Å²) >= 11 is 0. The van der Waals surface area contributed by atoms with Crippen molar-refractivity contribution in [2.45, 2.75) is 51.4 Å². The minimum Gasteiger partial charge on any atom is -0.0657 e. The molecule has 3 aliphatic carbocycles. The Morgan fingerprint density at radius 1 is 0.417 bits per heavy atom. The summed E-state index contributed by atoms with van der Waals surface area (Å²) in [5, 5.41) is 0.